The molecule has 1 amide bonds. The minimum atomic E-state index is -3.32. The molecule has 0 aliphatic heterocycles. The lowest BCUT2D eigenvalue weighted by Crippen LogP contribution is -2.41. The first-order valence-electron chi connectivity index (χ1n) is 7.86. The summed E-state index contributed by atoms with van der Waals surface area (Å²) >= 11 is 0. The molecule has 130 valence electrons. The lowest BCUT2D eigenvalue weighted by molar-refractivity contribution is -0.125. The van der Waals surface area contributed by atoms with Gasteiger partial charge in [-0.05, 0) is 50.5 Å². The van der Waals surface area contributed by atoms with E-state index < -0.39 is 15.4 Å². The summed E-state index contributed by atoms with van der Waals surface area (Å²) < 4.78 is 25.8. The van der Waals surface area contributed by atoms with E-state index in [0.717, 1.165) is 5.56 Å². The van der Waals surface area contributed by atoms with Crippen molar-refractivity contribution in [2.45, 2.75) is 40.5 Å². The number of benzene rings is 1. The molecular weight excluding hydrogens is 314 g/mol. The van der Waals surface area contributed by atoms with Crippen LogP contribution in [0.3, 0.4) is 0 Å². The van der Waals surface area contributed by atoms with Gasteiger partial charge in [-0.3, -0.25) is 9.52 Å². The highest BCUT2D eigenvalue weighted by Crippen LogP contribution is 2.28. The molecule has 0 unspecified atom stereocenters. The summed E-state index contributed by atoms with van der Waals surface area (Å²) in [5.41, 5.74) is 7.10. The fourth-order valence-corrected chi connectivity index (χ4v) is 3.02. The maximum Gasteiger partial charge on any atom is 0.232 e. The Morgan fingerprint density at radius 2 is 1.83 bits per heavy atom. The lowest BCUT2D eigenvalue weighted by atomic mass is 9.81. The van der Waals surface area contributed by atoms with E-state index in [9.17, 15) is 13.2 Å². The maximum atomic E-state index is 12.5. The van der Waals surface area contributed by atoms with E-state index in [0.29, 0.717) is 30.8 Å². The number of nitrogens with one attached hydrogen (secondary N) is 2. The lowest BCUT2D eigenvalue weighted by Gasteiger charge is -2.28. The zero-order valence-electron chi connectivity index (χ0n) is 14.3. The molecule has 0 aliphatic rings. The molecule has 0 bridgehead atoms. The minimum Gasteiger partial charge on any atom is -0.329 e. The molecule has 4 N–H and O–H groups in total. The van der Waals surface area contributed by atoms with Crippen molar-refractivity contribution in [2.24, 2.45) is 11.1 Å². The fraction of sp³-hybridized carbons (Fsp3) is 0.562. The number of hydrogen-bond donors (Lipinski definition) is 3. The van der Waals surface area contributed by atoms with Crippen LogP contribution in [0.4, 0.5) is 11.4 Å². The number of sulfonamides is 1. The summed E-state index contributed by atoms with van der Waals surface area (Å²) in [5, 5.41) is 2.88. The van der Waals surface area contributed by atoms with Crippen molar-refractivity contribution >= 4 is 27.3 Å². The van der Waals surface area contributed by atoms with Crippen molar-refractivity contribution < 1.29 is 13.2 Å². The van der Waals surface area contributed by atoms with Crippen LogP contribution in [0.2, 0.25) is 0 Å². The molecule has 0 radical (unpaired) electrons. The van der Waals surface area contributed by atoms with Crippen LogP contribution in [0.25, 0.3) is 0 Å². The van der Waals surface area contributed by atoms with E-state index in [1.807, 2.05) is 13.8 Å². The maximum absolute atomic E-state index is 12.5. The number of anilines is 2. The fourth-order valence-electron chi connectivity index (χ4n) is 2.31. The molecule has 0 heterocycles. The number of rotatable bonds is 8. The van der Waals surface area contributed by atoms with Gasteiger partial charge in [0.25, 0.3) is 0 Å². The Hall–Kier alpha value is -1.60. The van der Waals surface area contributed by atoms with Crippen LogP contribution in [0.1, 0.15) is 39.2 Å². The monoisotopic (exact) mass is 341 g/mol. The quantitative estimate of drug-likeness (QED) is 0.676. The van der Waals surface area contributed by atoms with E-state index in [-0.39, 0.29) is 11.7 Å². The molecule has 0 saturated carbocycles. The number of amides is 1. The van der Waals surface area contributed by atoms with Crippen LogP contribution in [0.5, 0.6) is 0 Å². The van der Waals surface area contributed by atoms with Crippen molar-refractivity contribution in [3.05, 3.63) is 23.8 Å². The average molecular weight is 341 g/mol. The van der Waals surface area contributed by atoms with Crippen LogP contribution in [-0.2, 0) is 14.8 Å². The molecule has 7 heteroatoms. The second kappa shape index (κ2) is 7.79. The molecule has 6 nitrogen and oxygen atoms in total. The second-order valence-electron chi connectivity index (χ2n) is 5.68. The zero-order valence-corrected chi connectivity index (χ0v) is 15.1. The first kappa shape index (κ1) is 19.4. The predicted octanol–water partition coefficient (Wildman–Crippen LogP) is 2.46. The van der Waals surface area contributed by atoms with Crippen LogP contribution in [-0.4, -0.2) is 26.6 Å². The predicted molar refractivity (Wildman–Crippen MR) is 95.0 cm³/mol. The summed E-state index contributed by atoms with van der Waals surface area (Å²) in [5.74, 6) is -0.0944. The van der Waals surface area contributed by atoms with Gasteiger partial charge >= 0.3 is 0 Å². The number of carbonyl (C=O) groups excluding carboxylic acids is 1. The van der Waals surface area contributed by atoms with Crippen molar-refractivity contribution in [1.29, 1.82) is 0 Å². The summed E-state index contributed by atoms with van der Waals surface area (Å²) in [7, 11) is -3.32. The molecule has 0 atom stereocenters. The van der Waals surface area contributed by atoms with E-state index in [2.05, 4.69) is 10.0 Å². The smallest absolute Gasteiger partial charge is 0.232 e. The molecule has 23 heavy (non-hydrogen) atoms. The van der Waals surface area contributed by atoms with Gasteiger partial charge in [0.15, 0.2) is 0 Å². The highest BCUT2D eigenvalue weighted by atomic mass is 32.2. The van der Waals surface area contributed by atoms with E-state index in [4.69, 9.17) is 5.73 Å². The van der Waals surface area contributed by atoms with Crippen molar-refractivity contribution in [3.63, 3.8) is 0 Å². The highest BCUT2D eigenvalue weighted by Gasteiger charge is 2.33. The van der Waals surface area contributed by atoms with Gasteiger partial charge in [0.2, 0.25) is 15.9 Å². The third-order valence-electron chi connectivity index (χ3n) is 4.36. The third kappa shape index (κ3) is 4.68. The molecule has 1 aromatic rings. The minimum absolute atomic E-state index is 0.0109. The first-order valence-corrected chi connectivity index (χ1v) is 9.51. The second-order valence-corrected chi connectivity index (χ2v) is 7.69. The Bertz CT molecular complexity index is 644. The Labute approximate surface area is 138 Å². The van der Waals surface area contributed by atoms with Crippen molar-refractivity contribution in [3.8, 4) is 0 Å². The standard InChI is InChI=1S/C16H27N3O3S/c1-5-16(6-2,11-17)15(20)18-13-8-9-14(12(4)10-13)19-23(21,22)7-3/h8-10,19H,5-7,11,17H2,1-4H3,(H,18,20). The number of carbonyl (C=O) groups is 1. The van der Waals surface area contributed by atoms with Gasteiger partial charge < -0.3 is 11.1 Å². The average Bonchev–Trinajstić information content (AvgIpc) is 2.52. The number of nitrogens with two attached hydrogens (primary N) is 1. The molecule has 0 saturated heterocycles. The van der Waals surface area contributed by atoms with Crippen molar-refractivity contribution in [1.82, 2.24) is 0 Å². The number of aryl methyl sites for hydroxylation is 1. The van der Waals surface area contributed by atoms with Gasteiger partial charge in [-0.1, -0.05) is 13.8 Å². The Morgan fingerprint density at radius 3 is 2.26 bits per heavy atom. The van der Waals surface area contributed by atoms with Gasteiger partial charge in [-0.2, -0.15) is 0 Å². The van der Waals surface area contributed by atoms with Gasteiger partial charge in [0.1, 0.15) is 0 Å². The van der Waals surface area contributed by atoms with Gasteiger partial charge in [-0.15, -0.1) is 0 Å². The molecule has 0 aliphatic carbocycles. The molecule has 0 fully saturated rings. The Kier molecular flexibility index (Phi) is 6.58. The van der Waals surface area contributed by atoms with Gasteiger partial charge in [0.05, 0.1) is 16.9 Å². The normalized spacial score (nSPS) is 12.0. The number of hydrogen-bond acceptors (Lipinski definition) is 4. The van der Waals surface area contributed by atoms with Crippen LogP contribution >= 0.6 is 0 Å². The SMILES string of the molecule is CCC(CC)(CN)C(=O)Nc1ccc(NS(=O)(=O)CC)c(C)c1. The van der Waals surface area contributed by atoms with Gasteiger partial charge in [0, 0.05) is 12.2 Å². The molecular formula is C16H27N3O3S. The van der Waals surface area contributed by atoms with E-state index >= 15 is 0 Å². The van der Waals surface area contributed by atoms with Crippen LogP contribution in [0.15, 0.2) is 18.2 Å². The van der Waals surface area contributed by atoms with Gasteiger partial charge in [-0.25, -0.2) is 8.42 Å². The zero-order chi connectivity index (χ0) is 17.7. The summed E-state index contributed by atoms with van der Waals surface area (Å²) in [6, 6.07) is 5.09. The molecule has 1 aromatic carbocycles. The summed E-state index contributed by atoms with van der Waals surface area (Å²) in [4.78, 5) is 12.5. The van der Waals surface area contributed by atoms with E-state index in [1.165, 1.54) is 0 Å². The largest absolute Gasteiger partial charge is 0.329 e. The molecule has 0 aromatic heterocycles. The third-order valence-corrected chi connectivity index (χ3v) is 5.65. The summed E-state index contributed by atoms with van der Waals surface area (Å²) in [6.07, 6.45) is 1.33. The van der Waals surface area contributed by atoms with Crippen LogP contribution < -0.4 is 15.8 Å². The first-order chi connectivity index (χ1) is 10.7. The summed E-state index contributed by atoms with van der Waals surface area (Å²) in [6.45, 7) is 7.56. The highest BCUT2D eigenvalue weighted by molar-refractivity contribution is 7.92. The Morgan fingerprint density at radius 1 is 1.22 bits per heavy atom. The Balaban J connectivity index is 2.96. The molecule has 1 rings (SSSR count). The van der Waals surface area contributed by atoms with Crippen LogP contribution in [0, 0.1) is 12.3 Å². The molecule has 0 spiro atoms. The van der Waals surface area contributed by atoms with E-state index in [1.54, 1.807) is 32.0 Å². The topological polar surface area (TPSA) is 101 Å². The van der Waals surface area contributed by atoms with Crippen molar-refractivity contribution in [2.75, 3.05) is 22.3 Å².